The highest BCUT2D eigenvalue weighted by molar-refractivity contribution is 5.60. The van der Waals surface area contributed by atoms with Crippen LogP contribution in [0.1, 0.15) is 33.4 Å². The molecule has 0 radical (unpaired) electrons. The van der Waals surface area contributed by atoms with Crippen molar-refractivity contribution in [3.63, 3.8) is 0 Å². The Morgan fingerprint density at radius 3 is 2.48 bits per heavy atom. The van der Waals surface area contributed by atoms with E-state index in [4.69, 9.17) is 4.74 Å². The average molecular weight is 297 g/mol. The topological polar surface area (TPSA) is 102 Å². The number of hydrogen-bond acceptors (Lipinski definition) is 7. The van der Waals surface area contributed by atoms with Crippen molar-refractivity contribution in [1.82, 2.24) is 9.97 Å². The molecule has 0 spiro atoms. The summed E-state index contributed by atoms with van der Waals surface area (Å²) in [5, 5.41) is 17.2. The minimum Gasteiger partial charge on any atom is -0.374 e. The van der Waals surface area contributed by atoms with E-state index < -0.39 is 10.5 Å². The van der Waals surface area contributed by atoms with E-state index in [1.165, 1.54) is 0 Å². The first-order chi connectivity index (χ1) is 9.80. The van der Waals surface area contributed by atoms with Crippen LogP contribution < -0.4 is 10.6 Å². The Labute approximate surface area is 124 Å². The van der Waals surface area contributed by atoms with Gasteiger partial charge in [0.2, 0.25) is 11.8 Å². The maximum atomic E-state index is 11.2. The Morgan fingerprint density at radius 1 is 1.29 bits per heavy atom. The molecule has 1 aromatic heterocycles. The summed E-state index contributed by atoms with van der Waals surface area (Å²) in [4.78, 5) is 19.0. The summed E-state index contributed by atoms with van der Waals surface area (Å²) >= 11 is 0. The van der Waals surface area contributed by atoms with Gasteiger partial charge in [0.1, 0.15) is 5.69 Å². The Balaban J connectivity index is 3.04. The minimum absolute atomic E-state index is 0.107. The first kappa shape index (κ1) is 17.1. The molecule has 118 valence electrons. The number of nitro groups is 1. The van der Waals surface area contributed by atoms with Crippen molar-refractivity contribution in [3.05, 3.63) is 15.8 Å². The summed E-state index contributed by atoms with van der Waals surface area (Å²) in [6.07, 6.45) is 0. The molecule has 0 aromatic carbocycles. The lowest BCUT2D eigenvalue weighted by atomic mass is 10.1. The van der Waals surface area contributed by atoms with Crippen LogP contribution in [-0.2, 0) is 4.74 Å². The fourth-order valence-electron chi connectivity index (χ4n) is 1.88. The van der Waals surface area contributed by atoms with Gasteiger partial charge in [-0.1, -0.05) is 0 Å². The van der Waals surface area contributed by atoms with Crippen molar-refractivity contribution in [3.8, 4) is 0 Å². The molecule has 1 aromatic rings. The lowest BCUT2D eigenvalue weighted by Crippen LogP contribution is -2.34. The Hall–Kier alpha value is -1.96. The molecule has 0 aliphatic carbocycles. The second kappa shape index (κ2) is 7.16. The van der Waals surface area contributed by atoms with Crippen molar-refractivity contribution in [2.24, 2.45) is 0 Å². The molecule has 1 heterocycles. The predicted octanol–water partition coefficient (Wildman–Crippen LogP) is 2.35. The summed E-state index contributed by atoms with van der Waals surface area (Å²) in [6, 6.07) is 0. The largest absolute Gasteiger partial charge is 0.374 e. The predicted molar refractivity (Wildman–Crippen MR) is 81.8 cm³/mol. The number of anilines is 2. The van der Waals surface area contributed by atoms with Crippen LogP contribution in [0.4, 0.5) is 17.5 Å². The second-order valence-corrected chi connectivity index (χ2v) is 5.16. The van der Waals surface area contributed by atoms with E-state index in [0.29, 0.717) is 31.3 Å². The molecule has 0 bridgehead atoms. The molecule has 1 rings (SSSR count). The highest BCUT2D eigenvalue weighted by Crippen LogP contribution is 2.27. The lowest BCUT2D eigenvalue weighted by molar-refractivity contribution is -0.385. The van der Waals surface area contributed by atoms with Gasteiger partial charge in [0, 0.05) is 19.7 Å². The molecule has 0 aliphatic rings. The molecular formula is C13H23N5O3. The zero-order valence-corrected chi connectivity index (χ0v) is 13.2. The van der Waals surface area contributed by atoms with Crippen LogP contribution >= 0.6 is 0 Å². The molecule has 8 heteroatoms. The SMILES string of the molecule is CCNc1nc(C)c([N+](=O)[O-])c(NCC(C)(C)OCC)n1. The summed E-state index contributed by atoms with van der Waals surface area (Å²) < 4.78 is 5.57. The number of nitrogens with zero attached hydrogens (tertiary/aromatic N) is 3. The molecule has 0 saturated heterocycles. The summed E-state index contributed by atoms with van der Waals surface area (Å²) in [7, 11) is 0. The lowest BCUT2D eigenvalue weighted by Gasteiger charge is -2.25. The molecule has 0 unspecified atom stereocenters. The highest BCUT2D eigenvalue weighted by atomic mass is 16.6. The van der Waals surface area contributed by atoms with Crippen molar-refractivity contribution < 1.29 is 9.66 Å². The van der Waals surface area contributed by atoms with Crippen LogP contribution in [0.3, 0.4) is 0 Å². The smallest absolute Gasteiger partial charge is 0.332 e. The summed E-state index contributed by atoms with van der Waals surface area (Å²) in [5.74, 6) is 0.577. The molecule has 0 amide bonds. The van der Waals surface area contributed by atoms with Gasteiger partial charge in [-0.2, -0.15) is 4.98 Å². The molecule has 0 fully saturated rings. The molecule has 8 nitrogen and oxygen atoms in total. The standard InChI is InChI=1S/C13H23N5O3/c1-6-14-12-16-9(3)10(18(19)20)11(17-12)15-8-13(4,5)21-7-2/h6-8H2,1-5H3,(H2,14,15,16,17). The van der Waals surface area contributed by atoms with Gasteiger partial charge in [0.15, 0.2) is 0 Å². The van der Waals surface area contributed by atoms with E-state index in [1.54, 1.807) is 6.92 Å². The maximum absolute atomic E-state index is 11.2. The van der Waals surface area contributed by atoms with Gasteiger partial charge >= 0.3 is 5.69 Å². The van der Waals surface area contributed by atoms with Crippen LogP contribution in [-0.4, -0.2) is 40.2 Å². The Bertz CT molecular complexity index is 505. The molecule has 2 N–H and O–H groups in total. The zero-order chi connectivity index (χ0) is 16.0. The molecule has 0 atom stereocenters. The van der Waals surface area contributed by atoms with Crippen LogP contribution in [0.25, 0.3) is 0 Å². The number of ether oxygens (including phenoxy) is 1. The molecular weight excluding hydrogens is 274 g/mol. The van der Waals surface area contributed by atoms with Crippen molar-refractivity contribution in [1.29, 1.82) is 0 Å². The van der Waals surface area contributed by atoms with E-state index in [1.807, 2.05) is 27.7 Å². The van der Waals surface area contributed by atoms with Gasteiger partial charge in [-0.25, -0.2) is 4.98 Å². The van der Waals surface area contributed by atoms with Gasteiger partial charge < -0.3 is 15.4 Å². The van der Waals surface area contributed by atoms with E-state index >= 15 is 0 Å². The van der Waals surface area contributed by atoms with Crippen LogP contribution in [0.2, 0.25) is 0 Å². The number of nitrogens with one attached hydrogen (secondary N) is 2. The monoisotopic (exact) mass is 297 g/mol. The number of aromatic nitrogens is 2. The summed E-state index contributed by atoms with van der Waals surface area (Å²) in [6.45, 7) is 10.9. The second-order valence-electron chi connectivity index (χ2n) is 5.16. The first-order valence-corrected chi connectivity index (χ1v) is 6.95. The first-order valence-electron chi connectivity index (χ1n) is 6.95. The average Bonchev–Trinajstić information content (AvgIpc) is 2.35. The minimum atomic E-state index is -0.471. The van der Waals surface area contributed by atoms with Gasteiger partial charge in [-0.15, -0.1) is 0 Å². The Morgan fingerprint density at radius 2 is 1.95 bits per heavy atom. The molecule has 21 heavy (non-hydrogen) atoms. The van der Waals surface area contributed by atoms with Gasteiger partial charge in [0.05, 0.1) is 10.5 Å². The van der Waals surface area contributed by atoms with E-state index in [0.717, 1.165) is 0 Å². The maximum Gasteiger partial charge on any atom is 0.332 e. The quantitative estimate of drug-likeness (QED) is 0.561. The van der Waals surface area contributed by atoms with Crippen molar-refractivity contribution in [2.75, 3.05) is 30.3 Å². The highest BCUT2D eigenvalue weighted by Gasteiger charge is 2.24. The number of hydrogen-bond donors (Lipinski definition) is 2. The van der Waals surface area contributed by atoms with E-state index in [2.05, 4.69) is 20.6 Å². The van der Waals surface area contributed by atoms with Crippen LogP contribution in [0, 0.1) is 17.0 Å². The number of aryl methyl sites for hydroxylation is 1. The van der Waals surface area contributed by atoms with Crippen LogP contribution in [0.5, 0.6) is 0 Å². The van der Waals surface area contributed by atoms with Gasteiger partial charge in [-0.3, -0.25) is 10.1 Å². The fourth-order valence-corrected chi connectivity index (χ4v) is 1.88. The number of rotatable bonds is 8. The normalized spacial score (nSPS) is 11.3. The van der Waals surface area contributed by atoms with E-state index in [9.17, 15) is 10.1 Å². The Kier molecular flexibility index (Phi) is 5.83. The van der Waals surface area contributed by atoms with Crippen LogP contribution in [0.15, 0.2) is 0 Å². The van der Waals surface area contributed by atoms with Gasteiger partial charge in [-0.05, 0) is 34.6 Å². The van der Waals surface area contributed by atoms with E-state index in [-0.39, 0.29) is 11.5 Å². The molecule has 0 aliphatic heterocycles. The third-order valence-corrected chi connectivity index (χ3v) is 2.79. The fraction of sp³-hybridized carbons (Fsp3) is 0.692. The zero-order valence-electron chi connectivity index (χ0n) is 13.2. The summed E-state index contributed by atoms with van der Waals surface area (Å²) in [5.41, 5.74) is -0.230. The van der Waals surface area contributed by atoms with Crippen molar-refractivity contribution in [2.45, 2.75) is 40.2 Å². The third kappa shape index (κ3) is 4.82. The third-order valence-electron chi connectivity index (χ3n) is 2.79. The van der Waals surface area contributed by atoms with Gasteiger partial charge in [0.25, 0.3) is 0 Å². The molecule has 0 saturated carbocycles. The van der Waals surface area contributed by atoms with Crippen molar-refractivity contribution >= 4 is 17.5 Å².